The van der Waals surface area contributed by atoms with Crippen molar-refractivity contribution >= 4 is 22.9 Å². The average molecular weight is 190 g/mol. The van der Waals surface area contributed by atoms with Crippen molar-refractivity contribution in [2.24, 2.45) is 0 Å². The lowest BCUT2D eigenvalue weighted by atomic mass is 10.1. The topological polar surface area (TPSA) is 32.3 Å². The molecule has 1 aliphatic rings. The maximum Gasteiger partial charge on any atom is 0.0935 e. The highest BCUT2D eigenvalue weighted by Crippen LogP contribution is 2.32. The number of aliphatic hydroxyl groups excluding tert-OH is 1. The van der Waals surface area contributed by atoms with Crippen LogP contribution in [-0.2, 0) is 6.54 Å². The summed E-state index contributed by atoms with van der Waals surface area (Å²) in [5.74, 6) is 0. The molecule has 0 aromatic carbocycles. The van der Waals surface area contributed by atoms with Crippen molar-refractivity contribution < 1.29 is 5.11 Å². The Morgan fingerprint density at radius 1 is 1.73 bits per heavy atom. The summed E-state index contributed by atoms with van der Waals surface area (Å²) in [4.78, 5) is 1.16. The summed E-state index contributed by atoms with van der Waals surface area (Å²) in [5.41, 5.74) is 0.999. The first kappa shape index (κ1) is 7.55. The summed E-state index contributed by atoms with van der Waals surface area (Å²) in [5, 5.41) is 12.6. The van der Waals surface area contributed by atoms with Gasteiger partial charge in [-0.15, -0.1) is 11.3 Å². The number of nitrogens with one attached hydrogen (secondary N) is 1. The van der Waals surface area contributed by atoms with Crippen LogP contribution in [0.15, 0.2) is 6.07 Å². The Balaban J connectivity index is 2.43. The van der Waals surface area contributed by atoms with Crippen molar-refractivity contribution in [3.63, 3.8) is 0 Å². The SMILES string of the molecule is OC1CNCc2sc(Cl)cc21. The normalized spacial score (nSPS) is 23.3. The van der Waals surface area contributed by atoms with Crippen molar-refractivity contribution in [1.29, 1.82) is 0 Å². The molecule has 2 rings (SSSR count). The Bertz CT molecular complexity index is 273. The third-order valence-electron chi connectivity index (χ3n) is 1.79. The Morgan fingerprint density at radius 2 is 2.55 bits per heavy atom. The smallest absolute Gasteiger partial charge is 0.0935 e. The fraction of sp³-hybridized carbons (Fsp3) is 0.429. The second-order valence-corrected chi connectivity index (χ2v) is 4.34. The number of aliphatic hydroxyl groups is 1. The first-order valence-electron chi connectivity index (χ1n) is 3.44. The molecular formula is C7H8ClNOS. The summed E-state index contributed by atoms with van der Waals surface area (Å²) < 4.78 is 0.762. The predicted octanol–water partition coefficient (Wildman–Crippen LogP) is 1.54. The minimum absolute atomic E-state index is 0.373. The average Bonchev–Trinajstić information content (AvgIpc) is 2.31. The van der Waals surface area contributed by atoms with Gasteiger partial charge in [-0.05, 0) is 11.6 Å². The van der Waals surface area contributed by atoms with Gasteiger partial charge >= 0.3 is 0 Å². The molecule has 0 saturated carbocycles. The predicted molar refractivity (Wildman–Crippen MR) is 46.0 cm³/mol. The molecule has 2 heterocycles. The Morgan fingerprint density at radius 3 is 3.27 bits per heavy atom. The van der Waals surface area contributed by atoms with E-state index in [4.69, 9.17) is 11.6 Å². The second-order valence-electron chi connectivity index (χ2n) is 2.58. The van der Waals surface area contributed by atoms with Crippen LogP contribution in [0.5, 0.6) is 0 Å². The highest BCUT2D eigenvalue weighted by Gasteiger charge is 2.19. The van der Waals surface area contributed by atoms with Crippen LogP contribution in [0.2, 0.25) is 4.34 Å². The lowest BCUT2D eigenvalue weighted by molar-refractivity contribution is 0.166. The highest BCUT2D eigenvalue weighted by molar-refractivity contribution is 7.16. The minimum Gasteiger partial charge on any atom is -0.387 e. The molecule has 0 amide bonds. The van der Waals surface area contributed by atoms with Crippen molar-refractivity contribution in [1.82, 2.24) is 5.32 Å². The molecule has 1 aromatic heterocycles. The first-order chi connectivity index (χ1) is 5.27. The Kier molecular flexibility index (Phi) is 1.89. The molecule has 4 heteroatoms. The zero-order chi connectivity index (χ0) is 7.84. The van der Waals surface area contributed by atoms with Crippen molar-refractivity contribution in [3.05, 3.63) is 20.8 Å². The number of fused-ring (bicyclic) bond motifs is 1. The third-order valence-corrected chi connectivity index (χ3v) is 3.07. The van der Waals surface area contributed by atoms with E-state index >= 15 is 0 Å². The van der Waals surface area contributed by atoms with Gasteiger partial charge in [0.05, 0.1) is 10.4 Å². The molecule has 0 fully saturated rings. The van der Waals surface area contributed by atoms with E-state index in [0.717, 1.165) is 21.3 Å². The maximum atomic E-state index is 9.46. The van der Waals surface area contributed by atoms with E-state index in [9.17, 15) is 5.11 Å². The summed E-state index contributed by atoms with van der Waals surface area (Å²) in [6, 6.07) is 1.85. The molecule has 0 spiro atoms. The van der Waals surface area contributed by atoms with Gasteiger partial charge in [0.1, 0.15) is 0 Å². The molecule has 1 unspecified atom stereocenters. The minimum atomic E-state index is -0.373. The largest absolute Gasteiger partial charge is 0.387 e. The van der Waals surface area contributed by atoms with Gasteiger partial charge in [-0.3, -0.25) is 0 Å². The van der Waals surface area contributed by atoms with Gasteiger partial charge in [0.25, 0.3) is 0 Å². The van der Waals surface area contributed by atoms with Crippen LogP contribution in [0.4, 0.5) is 0 Å². The van der Waals surface area contributed by atoms with E-state index in [1.807, 2.05) is 6.07 Å². The fourth-order valence-corrected chi connectivity index (χ4v) is 2.57. The van der Waals surface area contributed by atoms with Crippen LogP contribution in [-0.4, -0.2) is 11.7 Å². The molecular weight excluding hydrogens is 182 g/mol. The highest BCUT2D eigenvalue weighted by atomic mass is 35.5. The van der Waals surface area contributed by atoms with Gasteiger partial charge < -0.3 is 10.4 Å². The van der Waals surface area contributed by atoms with E-state index < -0.39 is 0 Å². The maximum absolute atomic E-state index is 9.46. The number of thiophene rings is 1. The molecule has 2 nitrogen and oxygen atoms in total. The molecule has 0 aliphatic carbocycles. The third kappa shape index (κ3) is 1.29. The molecule has 0 radical (unpaired) electrons. The number of rotatable bonds is 0. The summed E-state index contributed by atoms with van der Waals surface area (Å²) >= 11 is 7.33. The van der Waals surface area contributed by atoms with Crippen molar-refractivity contribution in [2.45, 2.75) is 12.6 Å². The van der Waals surface area contributed by atoms with E-state index in [0.29, 0.717) is 6.54 Å². The number of hydrogen-bond acceptors (Lipinski definition) is 3. The van der Waals surface area contributed by atoms with Gasteiger partial charge in [-0.25, -0.2) is 0 Å². The number of halogens is 1. The Hall–Kier alpha value is -0.0900. The van der Waals surface area contributed by atoms with Gasteiger partial charge in [-0.1, -0.05) is 11.6 Å². The van der Waals surface area contributed by atoms with Crippen molar-refractivity contribution in [3.8, 4) is 0 Å². The van der Waals surface area contributed by atoms with E-state index in [1.165, 1.54) is 11.3 Å². The quantitative estimate of drug-likeness (QED) is 0.649. The van der Waals surface area contributed by atoms with Crippen LogP contribution < -0.4 is 5.32 Å². The van der Waals surface area contributed by atoms with E-state index in [2.05, 4.69) is 5.32 Å². The standard InChI is InChI=1S/C7H8ClNOS/c8-7-1-4-5(10)2-9-3-6(4)11-7/h1,5,9-10H,2-3H2. The van der Waals surface area contributed by atoms with Gasteiger partial charge in [-0.2, -0.15) is 0 Å². The summed E-state index contributed by atoms with van der Waals surface area (Å²) in [6.45, 7) is 1.48. The molecule has 1 aromatic rings. The lowest BCUT2D eigenvalue weighted by Crippen LogP contribution is -2.26. The fourth-order valence-electron chi connectivity index (χ4n) is 1.26. The van der Waals surface area contributed by atoms with Crippen LogP contribution in [0.25, 0.3) is 0 Å². The number of β-amino-alcohol motifs (C(OH)–C–C–N with tert-alkyl or cyclic N) is 1. The van der Waals surface area contributed by atoms with E-state index in [-0.39, 0.29) is 6.10 Å². The van der Waals surface area contributed by atoms with Crippen LogP contribution in [0, 0.1) is 0 Å². The summed E-state index contributed by atoms with van der Waals surface area (Å²) in [6.07, 6.45) is -0.373. The molecule has 0 saturated heterocycles. The monoisotopic (exact) mass is 189 g/mol. The first-order valence-corrected chi connectivity index (χ1v) is 4.63. The molecule has 11 heavy (non-hydrogen) atoms. The number of hydrogen-bond donors (Lipinski definition) is 2. The molecule has 60 valence electrons. The molecule has 0 bridgehead atoms. The lowest BCUT2D eigenvalue weighted by Gasteiger charge is -2.17. The van der Waals surface area contributed by atoms with Gasteiger partial charge in [0, 0.05) is 18.0 Å². The molecule has 1 aliphatic heterocycles. The van der Waals surface area contributed by atoms with Crippen molar-refractivity contribution in [2.75, 3.05) is 6.54 Å². The summed E-state index contributed by atoms with van der Waals surface area (Å²) in [7, 11) is 0. The zero-order valence-corrected chi connectivity index (χ0v) is 7.37. The van der Waals surface area contributed by atoms with Crippen LogP contribution >= 0.6 is 22.9 Å². The second kappa shape index (κ2) is 2.75. The van der Waals surface area contributed by atoms with Gasteiger partial charge in [0.2, 0.25) is 0 Å². The van der Waals surface area contributed by atoms with Crippen LogP contribution in [0.3, 0.4) is 0 Å². The van der Waals surface area contributed by atoms with E-state index in [1.54, 1.807) is 0 Å². The molecule has 2 N–H and O–H groups in total. The Labute approximate surface area is 73.8 Å². The van der Waals surface area contributed by atoms with Gasteiger partial charge in [0.15, 0.2) is 0 Å². The van der Waals surface area contributed by atoms with Crippen LogP contribution in [0.1, 0.15) is 16.5 Å². The molecule has 1 atom stereocenters. The zero-order valence-electron chi connectivity index (χ0n) is 5.80.